The normalized spacial score (nSPS) is 9.22. The second-order valence-corrected chi connectivity index (χ2v) is 31.1. The van der Waals surface area contributed by atoms with Crippen LogP contribution in [0.3, 0.4) is 0 Å². The number of benzene rings is 2. The number of nitrogens with zero attached hydrogens (tertiary/aromatic N) is 4. The van der Waals surface area contributed by atoms with Gasteiger partial charge in [0.25, 0.3) is 0 Å². The van der Waals surface area contributed by atoms with E-state index < -0.39 is 63.1 Å². The lowest BCUT2D eigenvalue weighted by Gasteiger charge is -2.35. The molecule has 6 aromatic rings. The zero-order valence-corrected chi connectivity index (χ0v) is 73.7. The summed E-state index contributed by atoms with van der Waals surface area (Å²) in [7, 11) is -2.01. The molecule has 0 saturated heterocycles. The fourth-order valence-corrected chi connectivity index (χ4v) is 9.20. The molecule has 4 atom stereocenters. The first kappa shape index (κ1) is 108. The highest BCUT2D eigenvalue weighted by atomic mass is 28.4. The smallest absolute Gasteiger partial charge is 0.192 e. The largest absolute Gasteiger partial charge is 0.409 e. The van der Waals surface area contributed by atoms with Crippen molar-refractivity contribution >= 4 is 19.9 Å². The van der Waals surface area contributed by atoms with Crippen LogP contribution in [0.4, 0.5) is 0 Å². The van der Waals surface area contributed by atoms with Gasteiger partial charge in [0.15, 0.2) is 42.6 Å². The first-order valence-electron chi connectivity index (χ1n) is 38.1. The van der Waals surface area contributed by atoms with E-state index in [2.05, 4.69) is 433 Å². The number of aliphatic hydroxyl groups excluding tert-OH is 5. The summed E-state index contributed by atoms with van der Waals surface area (Å²) in [5.74, 6) is 157. The number of ether oxygens (including phenoxy) is 2. The molecule has 0 saturated carbocycles. The van der Waals surface area contributed by atoms with E-state index in [9.17, 15) is 30.0 Å². The third-order valence-electron chi connectivity index (χ3n) is 16.0. The number of ketones is 2. The molecule has 17 heteroatoms. The summed E-state index contributed by atoms with van der Waals surface area (Å²) < 4.78 is 28.1. The van der Waals surface area contributed by atoms with Crippen LogP contribution < -0.4 is 0 Å². The van der Waals surface area contributed by atoms with Crippen molar-refractivity contribution in [1.29, 1.82) is 0 Å². The molecule has 2 aromatic carbocycles. The summed E-state index contributed by atoms with van der Waals surface area (Å²) in [6, 6.07) is 25.8. The fraction of sp³-hybridized carbons (Fsp3) is 0.179. The first-order chi connectivity index (χ1) is 64.5. The summed E-state index contributed by atoms with van der Waals surface area (Å²) >= 11 is 0. The maximum atomic E-state index is 12.7. The second-order valence-electron chi connectivity index (χ2n) is 26.3. The lowest BCUT2D eigenvalue weighted by molar-refractivity contribution is -0.166. The molecular weight excluding hydrogens is 1680 g/mol. The molecule has 5 N–H and O–H groups in total. The minimum Gasteiger partial charge on any atom is -0.409 e. The standard InChI is InChI=1S/C66H2.C28H38N2O6Si.C22H24N2O6.CH4/c1-3-5-7-9-11-13-15-17-19-21-23-25-27-29-31-33-35-37-39-41-43-45-47-49-51-53-55-57-59-61-63-65-66-64-62-60-58-56-54-52-50-48-46-44-42-40-38-36-34-32-30-28-26-24-22-20-18-16-14-12-10-8-6-4-2;1-19-8-13-23(29-15-19)21-11-9-20(10-12-21)17-34-28(5,25(32)16-31)26(33)24-14-22(36-30-24)18-35-37(6,7)27(2,3)4;1-14-3-8-18(23-10-14)16-6-4-15(5-7-16)13-29-22(2,20(27)12-26)21(28)19-9-17(11-25)30-24-19;/h1-2H;8-15,26,31,33H,16-18H2,1-7H3;3-10,21,25-26,28H,11-13H2,1-2H3;1H4/t;26-,28+;21-,22+;/m.00./s1. The molecule has 0 radical (unpaired) electrons. The summed E-state index contributed by atoms with van der Waals surface area (Å²) in [6.07, 6.45) is 10.6. The molecule has 0 fully saturated rings. The minimum atomic E-state index is -2.01. The molecule has 4 aromatic heterocycles. The number of aliphatic hydroxyl groups is 5. The van der Waals surface area contributed by atoms with Crippen LogP contribution >= 0.6 is 0 Å². The van der Waals surface area contributed by atoms with Crippen molar-refractivity contribution in [3.8, 4) is 414 Å². The van der Waals surface area contributed by atoms with Crippen LogP contribution in [0, 0.1) is 406 Å². The van der Waals surface area contributed by atoms with Crippen LogP contribution in [0.15, 0.2) is 106 Å². The molecule has 0 aliphatic carbocycles. The zero-order valence-electron chi connectivity index (χ0n) is 72.7. The Labute approximate surface area is 787 Å². The predicted octanol–water partition coefficient (Wildman–Crippen LogP) is 8.24. The quantitative estimate of drug-likeness (QED) is 0.0357. The van der Waals surface area contributed by atoms with Crippen molar-refractivity contribution in [2.45, 2.75) is 124 Å². The Hall–Kier alpha value is -20.1. The van der Waals surface area contributed by atoms with E-state index in [1.165, 1.54) is 19.9 Å². The predicted molar refractivity (Wildman–Crippen MR) is 516 cm³/mol. The molecule has 4 heterocycles. The molecule has 6 rings (SSSR count). The number of carbonyl (C=O) groups excluding carboxylic acids is 2. The topological polar surface area (TPSA) is 241 Å². The van der Waals surface area contributed by atoms with Gasteiger partial charge in [-0.25, -0.2) is 0 Å². The van der Waals surface area contributed by atoms with Crippen LogP contribution in [-0.4, -0.2) is 90.1 Å². The molecule has 0 bridgehead atoms. The third kappa shape index (κ3) is 45.5. The monoisotopic (exact) mass is 1750 g/mol. The van der Waals surface area contributed by atoms with Gasteiger partial charge in [-0.1, -0.05) is 99.2 Å². The Morgan fingerprint density at radius 2 is 0.575 bits per heavy atom. The SMILES string of the molecule is C.C#CC#CC#CC#CC#CC#CC#CC#CC#CC#CC#CC#CC#CC#CC#CC#CC#CC#CC#CC#CC#CC#CC#CC#CC#CC#CC#CC#CC#CC#CC#CC#CC#C.Cc1ccc(-c2ccc(CO[C@](C)(C(=O)CO)[C@@H](O)c3cc(CO)on3)cc2)nc1.Cc1ccc(-c2ccc(CO[C@](C)(C(=O)CO)[C@@H](O)c3cc(CO[Si](C)(C)C(C)(C)C)on3)cc2)nc1. The fourth-order valence-electron chi connectivity index (χ4n) is 8.26. The van der Waals surface area contributed by atoms with Gasteiger partial charge in [0.1, 0.15) is 43.4 Å². The molecule has 0 unspecified atom stereocenters. The van der Waals surface area contributed by atoms with E-state index in [4.69, 9.17) is 40.9 Å². The summed E-state index contributed by atoms with van der Waals surface area (Å²) in [5.41, 5.74) is 3.99. The van der Waals surface area contributed by atoms with Crippen molar-refractivity contribution in [2.24, 2.45) is 0 Å². The van der Waals surface area contributed by atoms with E-state index in [1.54, 1.807) is 12.3 Å². The van der Waals surface area contributed by atoms with Crippen molar-refractivity contribution in [3.05, 3.63) is 142 Å². The summed E-state index contributed by atoms with van der Waals surface area (Å²) in [4.78, 5) is 33.9. The van der Waals surface area contributed by atoms with E-state index in [0.29, 0.717) is 5.76 Å². The number of carbonyl (C=O) groups is 2. The highest BCUT2D eigenvalue weighted by molar-refractivity contribution is 6.74. The van der Waals surface area contributed by atoms with Crippen LogP contribution in [0.2, 0.25) is 18.1 Å². The average molecular weight is 1750 g/mol. The lowest BCUT2D eigenvalue weighted by Crippen LogP contribution is -2.46. The first-order valence-corrected chi connectivity index (χ1v) is 41.0. The highest BCUT2D eigenvalue weighted by Crippen LogP contribution is 2.38. The number of pyridine rings is 2. The van der Waals surface area contributed by atoms with Gasteiger partial charge in [0, 0.05) is 320 Å². The maximum Gasteiger partial charge on any atom is 0.192 e. The van der Waals surface area contributed by atoms with Gasteiger partial charge in [-0.2, -0.15) is 0 Å². The Balaban J connectivity index is 0.000000566. The maximum absolute atomic E-state index is 12.7. The number of hydrogen-bond donors (Lipinski definition) is 5. The van der Waals surface area contributed by atoms with E-state index in [-0.39, 0.29) is 49.4 Å². The van der Waals surface area contributed by atoms with Gasteiger partial charge in [0.05, 0.1) is 31.2 Å². The van der Waals surface area contributed by atoms with Crippen molar-refractivity contribution in [3.63, 3.8) is 0 Å². The molecule has 16 nitrogen and oxygen atoms in total. The highest BCUT2D eigenvalue weighted by Gasteiger charge is 2.45. The number of terminal acetylenes is 2. The van der Waals surface area contributed by atoms with E-state index in [0.717, 1.165) is 44.8 Å². The van der Waals surface area contributed by atoms with Crippen LogP contribution in [0.1, 0.15) is 99.4 Å². The Morgan fingerprint density at radius 3 is 0.769 bits per heavy atom. The van der Waals surface area contributed by atoms with Crippen molar-refractivity contribution in [2.75, 3.05) is 13.2 Å². The van der Waals surface area contributed by atoms with Gasteiger partial charge in [-0.3, -0.25) is 19.6 Å². The number of aryl methyl sites for hydroxylation is 2. The van der Waals surface area contributed by atoms with Gasteiger partial charge in [-0.15, -0.1) is 12.8 Å². The Kier molecular flexibility index (Phi) is 52.8. The number of aromatic nitrogens is 4. The Bertz CT molecular complexity index is 7450. The second kappa shape index (κ2) is 65.5. The van der Waals surface area contributed by atoms with Crippen LogP contribution in [0.5, 0.6) is 0 Å². The van der Waals surface area contributed by atoms with Gasteiger partial charge < -0.3 is 48.5 Å². The Morgan fingerprint density at radius 1 is 0.351 bits per heavy atom. The molecule has 632 valence electrons. The van der Waals surface area contributed by atoms with Crippen molar-refractivity contribution < 1.29 is 58.1 Å². The van der Waals surface area contributed by atoms with E-state index >= 15 is 0 Å². The number of rotatable bonds is 20. The van der Waals surface area contributed by atoms with Gasteiger partial charge in [-0.05, 0) is 175 Å². The molecule has 0 amide bonds. The molecular formula is C117H68N4O12Si. The van der Waals surface area contributed by atoms with Crippen LogP contribution in [-0.2, 0) is 49.9 Å². The number of hydrogen-bond acceptors (Lipinski definition) is 16. The molecule has 0 spiro atoms. The van der Waals surface area contributed by atoms with Crippen LogP contribution in [0.25, 0.3) is 22.5 Å². The third-order valence-corrected chi connectivity index (χ3v) is 20.5. The van der Waals surface area contributed by atoms with E-state index in [1.807, 2.05) is 92.8 Å². The zero-order chi connectivity index (χ0) is 96.4. The minimum absolute atomic E-state index is 0. The lowest BCUT2D eigenvalue weighted by atomic mass is 9.91. The summed E-state index contributed by atoms with van der Waals surface area (Å²) in [6.45, 7) is 15.8. The van der Waals surface area contributed by atoms with Gasteiger partial charge in [0.2, 0.25) is 0 Å². The molecule has 134 heavy (non-hydrogen) atoms. The molecule has 0 aliphatic rings. The average Bonchev–Trinajstić information content (AvgIpc) is 1.52. The number of Topliss-reactive ketones (excluding diaryl/α,β-unsaturated/α-hetero) is 2. The summed E-state index contributed by atoms with van der Waals surface area (Å²) in [5, 5.41) is 57.5. The molecule has 0 aliphatic heterocycles. The van der Waals surface area contributed by atoms with Gasteiger partial charge >= 0.3 is 0 Å². The van der Waals surface area contributed by atoms with Crippen molar-refractivity contribution in [1.82, 2.24) is 20.3 Å².